The Hall–Kier alpha value is -0.720. The second kappa shape index (κ2) is 18.4. The Labute approximate surface area is 388 Å². The van der Waals surface area contributed by atoms with Crippen LogP contribution >= 0.6 is 0 Å². The van der Waals surface area contributed by atoms with Crippen LogP contribution in [0.25, 0.3) is 0 Å². The molecule has 382 valence electrons. The number of aliphatic hydroxyl groups is 12. The Kier molecular flexibility index (Phi) is 14.4. The summed E-state index contributed by atoms with van der Waals surface area (Å²) in [4.78, 5) is 0. The summed E-state index contributed by atoms with van der Waals surface area (Å²) < 4.78 is 36.3. The molecule has 5 saturated carbocycles. The number of hydrogen-bond acceptors (Lipinski definition) is 18. The first-order chi connectivity index (χ1) is 30.8. The molecule has 8 rings (SSSR count). The lowest BCUT2D eigenvalue weighted by Gasteiger charge is -2.63. The zero-order valence-corrected chi connectivity index (χ0v) is 39.8. The van der Waals surface area contributed by atoms with E-state index in [-0.39, 0.29) is 21.7 Å². The largest absolute Gasteiger partial charge is 0.394 e. The van der Waals surface area contributed by atoms with Crippen molar-refractivity contribution in [1.82, 2.24) is 0 Å². The Bertz CT molecular complexity index is 1680. The fraction of sp³-hybridized carbons (Fsp3) is 1.00. The van der Waals surface area contributed by atoms with Crippen LogP contribution in [0.15, 0.2) is 0 Å². The van der Waals surface area contributed by atoms with E-state index in [1.165, 1.54) is 25.7 Å². The fourth-order valence-electron chi connectivity index (χ4n) is 15.7. The molecular formula is C48H82O18. The number of rotatable bonds is 14. The number of ether oxygens (including phenoxy) is 6. The zero-order chi connectivity index (χ0) is 48.3. The highest BCUT2D eigenvalue weighted by Gasteiger charge is 2.82. The number of aliphatic hydroxyl groups excluding tert-OH is 11. The maximum Gasteiger partial charge on any atom is 0.187 e. The second-order valence-corrected chi connectivity index (χ2v) is 23.7. The van der Waals surface area contributed by atoms with Gasteiger partial charge in [0.1, 0.15) is 73.2 Å². The van der Waals surface area contributed by atoms with Gasteiger partial charge in [0.15, 0.2) is 18.9 Å². The first-order valence-electron chi connectivity index (χ1n) is 24.8. The Balaban J connectivity index is 1.00. The molecule has 0 aromatic carbocycles. The van der Waals surface area contributed by atoms with Gasteiger partial charge in [-0.05, 0) is 135 Å². The van der Waals surface area contributed by atoms with Crippen LogP contribution in [-0.4, -0.2) is 191 Å². The lowest BCUT2D eigenvalue weighted by Crippen LogP contribution is -2.66. The summed E-state index contributed by atoms with van der Waals surface area (Å²) >= 11 is 0. The molecule has 18 nitrogen and oxygen atoms in total. The highest BCUT2D eigenvalue weighted by molar-refractivity contribution is 5.30. The maximum absolute atomic E-state index is 11.8. The lowest BCUT2D eigenvalue weighted by atomic mass is 9.41. The van der Waals surface area contributed by atoms with Crippen LogP contribution < -0.4 is 0 Å². The van der Waals surface area contributed by atoms with Gasteiger partial charge in [0, 0.05) is 0 Å². The maximum atomic E-state index is 11.8. The van der Waals surface area contributed by atoms with Gasteiger partial charge in [-0.25, -0.2) is 0 Å². The van der Waals surface area contributed by atoms with Crippen LogP contribution in [0, 0.1) is 50.7 Å². The second-order valence-electron chi connectivity index (χ2n) is 23.7. The third kappa shape index (κ3) is 8.17. The Morgan fingerprint density at radius 2 is 1.15 bits per heavy atom. The predicted octanol–water partition coefficient (Wildman–Crippen LogP) is -0.193. The third-order valence-electron chi connectivity index (χ3n) is 19.9. The zero-order valence-electron chi connectivity index (χ0n) is 39.8. The van der Waals surface area contributed by atoms with E-state index in [0.29, 0.717) is 36.5 Å². The summed E-state index contributed by atoms with van der Waals surface area (Å²) in [5.41, 5.74) is -0.873. The minimum absolute atomic E-state index is 0.126. The van der Waals surface area contributed by atoms with E-state index in [2.05, 4.69) is 34.6 Å². The van der Waals surface area contributed by atoms with E-state index in [0.717, 1.165) is 32.1 Å². The normalized spacial score (nSPS) is 53.2. The minimum atomic E-state index is -1.82. The van der Waals surface area contributed by atoms with Crippen LogP contribution in [-0.2, 0) is 28.4 Å². The minimum Gasteiger partial charge on any atom is -0.394 e. The van der Waals surface area contributed by atoms with Gasteiger partial charge in [-0.2, -0.15) is 0 Å². The van der Waals surface area contributed by atoms with Gasteiger partial charge < -0.3 is 89.7 Å². The lowest BCUT2D eigenvalue weighted by molar-refractivity contribution is -0.381. The van der Waals surface area contributed by atoms with Crippen molar-refractivity contribution in [2.45, 2.75) is 229 Å². The van der Waals surface area contributed by atoms with Crippen molar-refractivity contribution in [3.63, 3.8) is 0 Å². The molecule has 25 atom stereocenters. The van der Waals surface area contributed by atoms with Gasteiger partial charge in [0.25, 0.3) is 0 Å². The van der Waals surface area contributed by atoms with Crippen molar-refractivity contribution >= 4 is 0 Å². The average Bonchev–Trinajstić information content (AvgIpc) is 3.85. The quantitative estimate of drug-likeness (QED) is 0.101. The standard InChI is InChI=1S/C48H82O18/c1-22(8-11-29(51)44(4,5)60)23-12-14-46(7)28-10-9-27-43(2,3)30(13-15-47(27)21-48(28,47)17-16-45(23,46)6)65-42-39(66-41-38(59)35(56)32(53)25(19-50)63-41)36(57)33(54)26(64-42)20-61-40-37(58)34(55)31(52)24(18-49)62-40/h22-42,49-60H,8-21H2,1-7H3/t22-,23-,24-,25-,26-,27+,28+,29+,30+,31-,32-,33-,34+,35+,36+,37-,38-,39-,40-,41+,42+,45-,46+,47-,48+/m1/s1. The highest BCUT2D eigenvalue weighted by Crippen LogP contribution is 2.89. The SMILES string of the molecule is C[C@H](CC[C@H](O)C(C)(C)O)[C@H]1CC[C@@]2(C)[C@@H]3CC[C@H]4C(C)(C)[C@@H](O[C@@H]5O[C@H](CO[C@@H]6O[C@H](CO)[C@@H](O)[C@H](O)[C@H]6O)[C@@H](O)[C@H](O)[C@H]5O[C@@H]5O[C@H](CO)[C@@H](O)[C@H](O)[C@H]5O)CC[C@@]45C[C@@]35CC[C@]12C. The first kappa shape index (κ1) is 51.6. The van der Waals surface area contributed by atoms with E-state index in [1.807, 2.05) is 0 Å². The summed E-state index contributed by atoms with van der Waals surface area (Å²) in [6.07, 6.45) is -14.2. The topological polar surface area (TPSA) is 298 Å². The molecule has 0 aromatic heterocycles. The molecule has 3 aliphatic heterocycles. The molecule has 18 heteroatoms. The molecule has 2 spiro atoms. The average molecular weight is 947 g/mol. The molecule has 5 aliphatic carbocycles. The Morgan fingerprint density at radius 3 is 1.77 bits per heavy atom. The summed E-state index contributed by atoms with van der Waals surface area (Å²) in [5, 5.41) is 127. The molecule has 0 amide bonds. The van der Waals surface area contributed by atoms with E-state index >= 15 is 0 Å². The third-order valence-corrected chi connectivity index (χ3v) is 19.9. The molecule has 66 heavy (non-hydrogen) atoms. The predicted molar refractivity (Wildman–Crippen MR) is 231 cm³/mol. The van der Waals surface area contributed by atoms with Crippen molar-refractivity contribution < 1.29 is 89.7 Å². The molecule has 0 aromatic rings. The van der Waals surface area contributed by atoms with Crippen molar-refractivity contribution in [2.24, 2.45) is 50.7 Å². The van der Waals surface area contributed by atoms with Crippen LogP contribution in [0.3, 0.4) is 0 Å². The Morgan fingerprint density at radius 1 is 0.591 bits per heavy atom. The van der Waals surface area contributed by atoms with Crippen molar-refractivity contribution in [2.75, 3.05) is 19.8 Å². The summed E-state index contributed by atoms with van der Waals surface area (Å²) in [5.74, 6) is 1.83. The van der Waals surface area contributed by atoms with Gasteiger partial charge in [0.05, 0.1) is 37.6 Å². The summed E-state index contributed by atoms with van der Waals surface area (Å²) in [7, 11) is 0. The molecular weight excluding hydrogens is 865 g/mol. The smallest absolute Gasteiger partial charge is 0.187 e. The van der Waals surface area contributed by atoms with Crippen LogP contribution in [0.1, 0.15) is 119 Å². The van der Waals surface area contributed by atoms with E-state index in [9.17, 15) is 61.3 Å². The number of hydrogen-bond donors (Lipinski definition) is 12. The summed E-state index contributed by atoms with van der Waals surface area (Å²) in [6.45, 7) is 13.3. The van der Waals surface area contributed by atoms with Gasteiger partial charge >= 0.3 is 0 Å². The molecule has 8 aliphatic rings. The van der Waals surface area contributed by atoms with Crippen LogP contribution in [0.4, 0.5) is 0 Å². The first-order valence-corrected chi connectivity index (χ1v) is 24.8. The molecule has 0 radical (unpaired) electrons. The fourth-order valence-corrected chi connectivity index (χ4v) is 15.7. The van der Waals surface area contributed by atoms with Gasteiger partial charge in [0.2, 0.25) is 0 Å². The van der Waals surface area contributed by atoms with E-state index in [1.54, 1.807) is 13.8 Å². The summed E-state index contributed by atoms with van der Waals surface area (Å²) in [6, 6.07) is 0. The van der Waals surface area contributed by atoms with Crippen molar-refractivity contribution in [3.8, 4) is 0 Å². The van der Waals surface area contributed by atoms with Crippen LogP contribution in [0.2, 0.25) is 0 Å². The van der Waals surface area contributed by atoms with Gasteiger partial charge in [-0.1, -0.05) is 34.6 Å². The van der Waals surface area contributed by atoms with Crippen molar-refractivity contribution in [1.29, 1.82) is 0 Å². The molecule has 0 unspecified atom stereocenters. The molecule has 8 fully saturated rings. The molecule has 3 heterocycles. The molecule has 3 saturated heterocycles. The van der Waals surface area contributed by atoms with Crippen LogP contribution in [0.5, 0.6) is 0 Å². The highest BCUT2D eigenvalue weighted by atomic mass is 16.8. The van der Waals surface area contributed by atoms with E-state index in [4.69, 9.17) is 28.4 Å². The van der Waals surface area contributed by atoms with Crippen molar-refractivity contribution in [3.05, 3.63) is 0 Å². The molecule has 12 N–H and O–H groups in total. The van der Waals surface area contributed by atoms with E-state index < -0.39 is 135 Å². The number of fused-ring (bicyclic) bond motifs is 2. The van der Waals surface area contributed by atoms with Gasteiger partial charge in [-0.15, -0.1) is 0 Å². The molecule has 0 bridgehead atoms. The monoisotopic (exact) mass is 947 g/mol. The van der Waals surface area contributed by atoms with Gasteiger partial charge in [-0.3, -0.25) is 0 Å².